The highest BCUT2D eigenvalue weighted by atomic mass is 16.5. The third-order valence-corrected chi connectivity index (χ3v) is 7.18. The van der Waals surface area contributed by atoms with E-state index in [-0.39, 0.29) is 18.4 Å². The average molecular weight is 536 g/mol. The summed E-state index contributed by atoms with van der Waals surface area (Å²) in [6.07, 6.45) is 9.33. The zero-order valence-electron chi connectivity index (χ0n) is 23.9. The molecule has 1 N–H and O–H groups in total. The molecular formula is C32H45N3O4. The molecule has 0 aliphatic rings. The van der Waals surface area contributed by atoms with Crippen LogP contribution in [0.3, 0.4) is 0 Å². The SMILES string of the molecule is CCCCCCCC(=O)N(CCCOC)CC(=O)N(CCc1c[nH]c2ccccc12)Cc1ccccc1OC. The molecule has 3 rings (SSSR count). The van der Waals surface area contributed by atoms with Gasteiger partial charge in [0.1, 0.15) is 5.75 Å². The number of hydrogen-bond donors (Lipinski definition) is 1. The topological polar surface area (TPSA) is 74.9 Å². The van der Waals surface area contributed by atoms with E-state index in [0.29, 0.717) is 45.5 Å². The fraction of sp³-hybridized carbons (Fsp3) is 0.500. The summed E-state index contributed by atoms with van der Waals surface area (Å²) in [7, 11) is 3.30. The summed E-state index contributed by atoms with van der Waals surface area (Å²) in [5, 5.41) is 1.17. The van der Waals surface area contributed by atoms with Crippen molar-refractivity contribution in [3.63, 3.8) is 0 Å². The molecule has 7 nitrogen and oxygen atoms in total. The molecule has 0 saturated carbocycles. The lowest BCUT2D eigenvalue weighted by Gasteiger charge is -2.28. The van der Waals surface area contributed by atoms with E-state index < -0.39 is 0 Å². The molecule has 212 valence electrons. The molecule has 0 fully saturated rings. The standard InChI is InChI=1S/C32H45N3O4/c1-4-5-6-7-8-18-31(36)34(20-13-22-38-2)25-32(37)35(24-27-14-9-12-17-30(27)39-3)21-19-26-23-33-29-16-11-10-15-28(26)29/h9-12,14-17,23,33H,4-8,13,18-22,24-25H2,1-3H3. The van der Waals surface area contributed by atoms with Gasteiger partial charge in [0.2, 0.25) is 11.8 Å². The Morgan fingerprint density at radius 2 is 1.59 bits per heavy atom. The number of aromatic amines is 1. The van der Waals surface area contributed by atoms with Crippen LogP contribution in [-0.4, -0.2) is 67.1 Å². The van der Waals surface area contributed by atoms with E-state index in [2.05, 4.69) is 24.0 Å². The van der Waals surface area contributed by atoms with E-state index in [1.165, 1.54) is 23.8 Å². The third-order valence-electron chi connectivity index (χ3n) is 7.18. The minimum absolute atomic E-state index is 0.0461. The summed E-state index contributed by atoms with van der Waals surface area (Å²) in [4.78, 5) is 33.9. The first-order valence-electron chi connectivity index (χ1n) is 14.3. The molecule has 1 heterocycles. The summed E-state index contributed by atoms with van der Waals surface area (Å²) in [5.41, 5.74) is 3.20. The van der Waals surface area contributed by atoms with Crippen LogP contribution in [0.25, 0.3) is 10.9 Å². The van der Waals surface area contributed by atoms with Crippen molar-refractivity contribution in [3.8, 4) is 5.75 Å². The molecule has 0 radical (unpaired) electrons. The van der Waals surface area contributed by atoms with Crippen LogP contribution in [-0.2, 0) is 27.3 Å². The van der Waals surface area contributed by atoms with Crippen LogP contribution >= 0.6 is 0 Å². The van der Waals surface area contributed by atoms with Crippen molar-refractivity contribution in [2.45, 2.75) is 64.8 Å². The van der Waals surface area contributed by atoms with Crippen molar-refractivity contribution in [3.05, 3.63) is 65.9 Å². The number of nitrogens with zero attached hydrogens (tertiary/aromatic N) is 2. The molecular weight excluding hydrogens is 490 g/mol. The van der Waals surface area contributed by atoms with Gasteiger partial charge in [0.05, 0.1) is 13.7 Å². The summed E-state index contributed by atoms with van der Waals surface area (Å²) >= 11 is 0. The number of para-hydroxylation sites is 2. The van der Waals surface area contributed by atoms with Crippen LogP contribution < -0.4 is 4.74 Å². The summed E-state index contributed by atoms with van der Waals surface area (Å²) < 4.78 is 10.8. The second kappa shape index (κ2) is 16.6. The van der Waals surface area contributed by atoms with Gasteiger partial charge >= 0.3 is 0 Å². The van der Waals surface area contributed by atoms with Gasteiger partial charge in [-0.3, -0.25) is 9.59 Å². The minimum atomic E-state index is -0.0579. The summed E-state index contributed by atoms with van der Waals surface area (Å²) in [5.74, 6) is 0.741. The van der Waals surface area contributed by atoms with Crippen molar-refractivity contribution in [2.24, 2.45) is 0 Å². The largest absolute Gasteiger partial charge is 0.496 e. The van der Waals surface area contributed by atoms with E-state index >= 15 is 0 Å². The van der Waals surface area contributed by atoms with Crippen LogP contribution in [0.5, 0.6) is 5.75 Å². The molecule has 39 heavy (non-hydrogen) atoms. The van der Waals surface area contributed by atoms with Crippen LogP contribution in [0.4, 0.5) is 0 Å². The van der Waals surface area contributed by atoms with Gasteiger partial charge in [0.25, 0.3) is 0 Å². The number of hydrogen-bond acceptors (Lipinski definition) is 4. The van der Waals surface area contributed by atoms with Gasteiger partial charge in [0, 0.05) is 62.4 Å². The van der Waals surface area contributed by atoms with E-state index in [1.54, 1.807) is 19.1 Å². The number of amides is 2. The number of benzene rings is 2. The predicted molar refractivity (Wildman–Crippen MR) is 157 cm³/mol. The smallest absolute Gasteiger partial charge is 0.242 e. The van der Waals surface area contributed by atoms with Gasteiger partial charge in [-0.1, -0.05) is 69.0 Å². The van der Waals surface area contributed by atoms with Crippen molar-refractivity contribution >= 4 is 22.7 Å². The van der Waals surface area contributed by atoms with Gasteiger partial charge < -0.3 is 24.3 Å². The van der Waals surface area contributed by atoms with Gasteiger partial charge in [-0.15, -0.1) is 0 Å². The molecule has 0 aliphatic heterocycles. The van der Waals surface area contributed by atoms with Gasteiger partial charge in [-0.25, -0.2) is 0 Å². The number of fused-ring (bicyclic) bond motifs is 1. The number of rotatable bonds is 18. The van der Waals surface area contributed by atoms with E-state index in [1.807, 2.05) is 47.5 Å². The molecule has 7 heteroatoms. The zero-order chi connectivity index (χ0) is 27.9. The van der Waals surface area contributed by atoms with Crippen LogP contribution in [0.2, 0.25) is 0 Å². The highest BCUT2D eigenvalue weighted by Gasteiger charge is 2.22. The Morgan fingerprint density at radius 1 is 0.821 bits per heavy atom. The van der Waals surface area contributed by atoms with Crippen LogP contribution in [0.1, 0.15) is 63.0 Å². The van der Waals surface area contributed by atoms with Crippen LogP contribution in [0, 0.1) is 0 Å². The number of methoxy groups -OCH3 is 2. The van der Waals surface area contributed by atoms with Gasteiger partial charge in [-0.2, -0.15) is 0 Å². The second-order valence-electron chi connectivity index (χ2n) is 10.1. The number of carbonyl (C=O) groups is 2. The fourth-order valence-electron chi connectivity index (χ4n) is 4.92. The van der Waals surface area contributed by atoms with Crippen molar-refractivity contribution in [1.82, 2.24) is 14.8 Å². The van der Waals surface area contributed by atoms with E-state index in [4.69, 9.17) is 9.47 Å². The fourth-order valence-corrected chi connectivity index (χ4v) is 4.92. The molecule has 2 amide bonds. The lowest BCUT2D eigenvalue weighted by Crippen LogP contribution is -2.44. The third kappa shape index (κ3) is 9.43. The van der Waals surface area contributed by atoms with Gasteiger partial charge in [0.15, 0.2) is 0 Å². The number of H-pyrrole nitrogens is 1. The molecule has 1 aromatic heterocycles. The summed E-state index contributed by atoms with van der Waals surface area (Å²) in [6, 6.07) is 16.0. The molecule has 0 aliphatic carbocycles. The Labute approximate surface area is 233 Å². The normalized spacial score (nSPS) is 11.1. The molecule has 2 aromatic carbocycles. The Bertz CT molecular complexity index is 1160. The lowest BCUT2D eigenvalue weighted by atomic mass is 10.1. The first kappa shape index (κ1) is 30.2. The quantitative estimate of drug-likeness (QED) is 0.204. The predicted octanol–water partition coefficient (Wildman–Crippen LogP) is 5.97. The first-order chi connectivity index (χ1) is 19.1. The number of unbranched alkanes of at least 4 members (excludes halogenated alkanes) is 4. The van der Waals surface area contributed by atoms with Gasteiger partial charge in [-0.05, 0) is 37.0 Å². The average Bonchev–Trinajstić information content (AvgIpc) is 3.37. The maximum absolute atomic E-state index is 13.8. The monoisotopic (exact) mass is 535 g/mol. The zero-order valence-corrected chi connectivity index (χ0v) is 23.9. The molecule has 0 spiro atoms. The Balaban J connectivity index is 1.74. The minimum Gasteiger partial charge on any atom is -0.496 e. The number of carbonyl (C=O) groups excluding carboxylic acids is 2. The summed E-state index contributed by atoms with van der Waals surface area (Å²) in [6.45, 7) is 4.28. The number of ether oxygens (including phenoxy) is 2. The van der Waals surface area contributed by atoms with Crippen molar-refractivity contribution < 1.29 is 19.1 Å². The Morgan fingerprint density at radius 3 is 2.38 bits per heavy atom. The maximum atomic E-state index is 13.8. The molecule has 0 saturated heterocycles. The Kier molecular flexibility index (Phi) is 12.9. The highest BCUT2D eigenvalue weighted by molar-refractivity contribution is 5.85. The Hall–Kier alpha value is -3.32. The first-order valence-corrected chi connectivity index (χ1v) is 14.3. The number of nitrogens with one attached hydrogen (secondary N) is 1. The van der Waals surface area contributed by atoms with Crippen LogP contribution in [0.15, 0.2) is 54.7 Å². The van der Waals surface area contributed by atoms with Crippen molar-refractivity contribution in [1.29, 1.82) is 0 Å². The molecule has 3 aromatic rings. The molecule has 0 atom stereocenters. The van der Waals surface area contributed by atoms with E-state index in [0.717, 1.165) is 36.1 Å². The number of aromatic nitrogens is 1. The lowest BCUT2D eigenvalue weighted by molar-refractivity contribution is -0.141. The maximum Gasteiger partial charge on any atom is 0.242 e. The molecule has 0 unspecified atom stereocenters. The second-order valence-corrected chi connectivity index (χ2v) is 10.1. The highest BCUT2D eigenvalue weighted by Crippen LogP contribution is 2.22. The van der Waals surface area contributed by atoms with E-state index in [9.17, 15) is 9.59 Å². The van der Waals surface area contributed by atoms with Crippen molar-refractivity contribution in [2.75, 3.05) is 40.5 Å². The molecule has 0 bridgehead atoms.